The molecule has 0 saturated carbocycles. The van der Waals surface area contributed by atoms with Gasteiger partial charge in [0.1, 0.15) is 0 Å². The van der Waals surface area contributed by atoms with Gasteiger partial charge in [-0.25, -0.2) is 4.68 Å². The largest absolute Gasteiger partial charge is 0.328 e. The molecule has 0 atom stereocenters. The molecule has 9 heteroatoms. The Bertz CT molecular complexity index is 1060. The first-order chi connectivity index (χ1) is 12.7. The van der Waals surface area contributed by atoms with Crippen molar-refractivity contribution in [2.24, 2.45) is 0 Å². The zero-order valence-electron chi connectivity index (χ0n) is 13.2. The molecular weight excluding hydrogens is 356 g/mol. The maximum Gasteiger partial charge on any atom is 0.316 e. The van der Waals surface area contributed by atoms with Crippen molar-refractivity contribution in [3.8, 4) is 17.2 Å². The van der Waals surface area contributed by atoms with Gasteiger partial charge in [0.05, 0.1) is 11.9 Å². The minimum Gasteiger partial charge on any atom is -0.328 e. The first-order valence-electron chi connectivity index (χ1n) is 7.58. The Morgan fingerprint density at radius 2 is 1.96 bits per heavy atom. The van der Waals surface area contributed by atoms with Crippen molar-refractivity contribution in [3.05, 3.63) is 71.7 Å². The molecule has 4 rings (SSSR count). The van der Waals surface area contributed by atoms with Gasteiger partial charge in [-0.15, -0.1) is 5.10 Å². The summed E-state index contributed by atoms with van der Waals surface area (Å²) in [5, 5.41) is 15.0. The molecule has 0 fully saturated rings. The van der Waals surface area contributed by atoms with E-state index in [4.69, 9.17) is 16.1 Å². The summed E-state index contributed by atoms with van der Waals surface area (Å²) in [7, 11) is 0. The number of anilines is 1. The van der Waals surface area contributed by atoms with E-state index in [0.29, 0.717) is 16.4 Å². The highest BCUT2D eigenvalue weighted by Gasteiger charge is 2.18. The van der Waals surface area contributed by atoms with Crippen LogP contribution in [-0.2, 0) is 0 Å². The SMILES string of the molecule is O=C(Nc1cccc(Cl)c1)c1nc(-c2cn(-c3ccccc3)nn2)no1. The molecule has 0 aliphatic heterocycles. The molecule has 0 saturated heterocycles. The van der Waals surface area contributed by atoms with Crippen molar-refractivity contribution in [1.82, 2.24) is 25.1 Å². The summed E-state index contributed by atoms with van der Waals surface area (Å²) < 4.78 is 6.60. The zero-order valence-corrected chi connectivity index (χ0v) is 14.0. The van der Waals surface area contributed by atoms with Crippen LogP contribution >= 0.6 is 11.6 Å². The Hall–Kier alpha value is -3.52. The van der Waals surface area contributed by atoms with Crippen LogP contribution in [0, 0.1) is 0 Å². The summed E-state index contributed by atoms with van der Waals surface area (Å²) in [6, 6.07) is 16.2. The van der Waals surface area contributed by atoms with Crippen LogP contribution in [-0.4, -0.2) is 31.0 Å². The lowest BCUT2D eigenvalue weighted by atomic mass is 10.3. The van der Waals surface area contributed by atoms with Crippen molar-refractivity contribution in [2.75, 3.05) is 5.32 Å². The summed E-state index contributed by atoms with van der Waals surface area (Å²) in [4.78, 5) is 16.3. The Kier molecular flexibility index (Phi) is 4.16. The standard InChI is InChI=1S/C17H11ClN6O2/c18-11-5-4-6-12(9-11)19-16(25)17-20-15(22-26-17)14-10-24(23-21-14)13-7-2-1-3-8-13/h1-10H,(H,19,25). The molecular formula is C17H11ClN6O2. The van der Waals surface area contributed by atoms with Crippen LogP contribution in [0.15, 0.2) is 65.3 Å². The van der Waals surface area contributed by atoms with E-state index in [-0.39, 0.29) is 11.7 Å². The number of benzene rings is 2. The molecule has 1 N–H and O–H groups in total. The number of para-hydroxylation sites is 1. The molecule has 2 aromatic heterocycles. The van der Waals surface area contributed by atoms with E-state index in [9.17, 15) is 4.79 Å². The molecule has 0 aliphatic carbocycles. The van der Waals surface area contributed by atoms with Crippen molar-refractivity contribution in [3.63, 3.8) is 0 Å². The Morgan fingerprint density at radius 3 is 2.77 bits per heavy atom. The topological polar surface area (TPSA) is 98.7 Å². The summed E-state index contributed by atoms with van der Waals surface area (Å²) in [5.74, 6) is -0.556. The lowest BCUT2D eigenvalue weighted by Crippen LogP contribution is -2.12. The van der Waals surface area contributed by atoms with Crippen molar-refractivity contribution in [1.29, 1.82) is 0 Å². The highest BCUT2D eigenvalue weighted by Crippen LogP contribution is 2.17. The van der Waals surface area contributed by atoms with Gasteiger partial charge in [-0.2, -0.15) is 4.98 Å². The molecule has 0 aliphatic rings. The predicted octanol–water partition coefficient (Wildman–Crippen LogP) is 3.22. The predicted molar refractivity (Wildman–Crippen MR) is 94.1 cm³/mol. The molecule has 0 unspecified atom stereocenters. The van der Waals surface area contributed by atoms with Gasteiger partial charge in [-0.05, 0) is 30.3 Å². The first kappa shape index (κ1) is 16.0. The summed E-state index contributed by atoms with van der Waals surface area (Å²) in [5.41, 5.74) is 1.75. The molecule has 4 aromatic rings. The molecule has 128 valence electrons. The molecule has 2 aromatic carbocycles. The minimum absolute atomic E-state index is 0.170. The normalized spacial score (nSPS) is 10.7. The zero-order chi connectivity index (χ0) is 17.9. The van der Waals surface area contributed by atoms with Gasteiger partial charge in [0.2, 0.25) is 5.82 Å². The average Bonchev–Trinajstić information content (AvgIpc) is 3.32. The monoisotopic (exact) mass is 366 g/mol. The highest BCUT2D eigenvalue weighted by molar-refractivity contribution is 6.30. The fourth-order valence-electron chi connectivity index (χ4n) is 2.24. The van der Waals surface area contributed by atoms with Gasteiger partial charge in [0.25, 0.3) is 0 Å². The van der Waals surface area contributed by atoms with Gasteiger partial charge in [-0.1, -0.05) is 46.2 Å². The molecule has 26 heavy (non-hydrogen) atoms. The summed E-state index contributed by atoms with van der Waals surface area (Å²) in [6.45, 7) is 0. The highest BCUT2D eigenvalue weighted by atomic mass is 35.5. The van der Waals surface area contributed by atoms with Crippen molar-refractivity contribution < 1.29 is 9.32 Å². The molecule has 0 bridgehead atoms. The number of nitrogens with one attached hydrogen (secondary N) is 1. The van der Waals surface area contributed by atoms with Crippen LogP contribution in [0.3, 0.4) is 0 Å². The third-order valence-corrected chi connectivity index (χ3v) is 3.68. The third kappa shape index (κ3) is 3.31. The lowest BCUT2D eigenvalue weighted by Gasteiger charge is -2.01. The van der Waals surface area contributed by atoms with Crippen LogP contribution in [0.2, 0.25) is 5.02 Å². The van der Waals surface area contributed by atoms with E-state index < -0.39 is 5.91 Å². The minimum atomic E-state index is -0.540. The maximum atomic E-state index is 12.2. The molecule has 8 nitrogen and oxygen atoms in total. The van der Waals surface area contributed by atoms with Crippen molar-refractivity contribution >= 4 is 23.2 Å². The number of aromatic nitrogens is 5. The van der Waals surface area contributed by atoms with Gasteiger partial charge in [0, 0.05) is 10.7 Å². The van der Waals surface area contributed by atoms with E-state index in [1.165, 1.54) is 0 Å². The average molecular weight is 367 g/mol. The number of amides is 1. The molecule has 1 amide bonds. The lowest BCUT2D eigenvalue weighted by molar-refractivity contribution is 0.0981. The smallest absolute Gasteiger partial charge is 0.316 e. The molecule has 0 radical (unpaired) electrons. The fraction of sp³-hybridized carbons (Fsp3) is 0. The quantitative estimate of drug-likeness (QED) is 0.595. The Morgan fingerprint density at radius 1 is 1.12 bits per heavy atom. The van der Waals surface area contributed by atoms with Gasteiger partial charge in [0.15, 0.2) is 5.69 Å². The number of halogens is 1. The van der Waals surface area contributed by atoms with E-state index in [0.717, 1.165) is 5.69 Å². The van der Waals surface area contributed by atoms with E-state index in [1.807, 2.05) is 30.3 Å². The van der Waals surface area contributed by atoms with E-state index >= 15 is 0 Å². The number of carbonyl (C=O) groups is 1. The second-order valence-corrected chi connectivity index (χ2v) is 5.71. The van der Waals surface area contributed by atoms with Crippen LogP contribution in [0.1, 0.15) is 10.7 Å². The number of hydrogen-bond donors (Lipinski definition) is 1. The Labute approximate surface area is 152 Å². The molecule has 0 spiro atoms. The third-order valence-electron chi connectivity index (χ3n) is 3.45. The number of rotatable bonds is 4. The maximum absolute atomic E-state index is 12.2. The second kappa shape index (κ2) is 6.77. The number of hydrogen-bond acceptors (Lipinski definition) is 6. The van der Waals surface area contributed by atoms with Crippen LogP contribution in [0.25, 0.3) is 17.2 Å². The second-order valence-electron chi connectivity index (χ2n) is 5.27. The van der Waals surface area contributed by atoms with Crippen LogP contribution in [0.4, 0.5) is 5.69 Å². The van der Waals surface area contributed by atoms with Crippen LogP contribution in [0.5, 0.6) is 0 Å². The van der Waals surface area contributed by atoms with Gasteiger partial charge in [-0.3, -0.25) is 4.79 Å². The van der Waals surface area contributed by atoms with E-state index in [1.54, 1.807) is 35.1 Å². The first-order valence-corrected chi connectivity index (χ1v) is 7.95. The Balaban J connectivity index is 1.53. The fourth-order valence-corrected chi connectivity index (χ4v) is 2.43. The summed E-state index contributed by atoms with van der Waals surface area (Å²) in [6.07, 6.45) is 1.65. The van der Waals surface area contributed by atoms with Crippen LogP contribution < -0.4 is 5.32 Å². The summed E-state index contributed by atoms with van der Waals surface area (Å²) >= 11 is 5.89. The van der Waals surface area contributed by atoms with Gasteiger partial charge < -0.3 is 9.84 Å². The molecule has 2 heterocycles. The number of carbonyl (C=O) groups excluding carboxylic acids is 1. The van der Waals surface area contributed by atoms with E-state index in [2.05, 4.69) is 25.8 Å². The number of nitrogens with zero attached hydrogens (tertiary/aromatic N) is 5. The van der Waals surface area contributed by atoms with Crippen molar-refractivity contribution in [2.45, 2.75) is 0 Å². The van der Waals surface area contributed by atoms with Gasteiger partial charge >= 0.3 is 11.8 Å².